The van der Waals surface area contributed by atoms with Crippen LogP contribution in [0.2, 0.25) is 0 Å². The van der Waals surface area contributed by atoms with Crippen molar-refractivity contribution in [3.05, 3.63) is 28.8 Å². The maximum atomic E-state index is 16.6. The molecular formula is C29H29F7N6O3. The van der Waals surface area contributed by atoms with E-state index in [9.17, 15) is 31.4 Å². The van der Waals surface area contributed by atoms with Crippen molar-refractivity contribution in [1.82, 2.24) is 20.3 Å². The Hall–Kier alpha value is -3.66. The average molecular weight is 643 g/mol. The largest absolute Gasteiger partial charge is 0.472 e. The molecule has 7 rings (SSSR count). The van der Waals surface area contributed by atoms with Crippen LogP contribution in [-0.2, 0) is 6.18 Å². The number of nitrogens with zero attached hydrogens (tertiary/aromatic N) is 4. The zero-order chi connectivity index (χ0) is 32.4. The van der Waals surface area contributed by atoms with Crippen molar-refractivity contribution in [1.29, 1.82) is 0 Å². The van der Waals surface area contributed by atoms with Crippen molar-refractivity contribution >= 4 is 22.4 Å². The van der Waals surface area contributed by atoms with Crippen LogP contribution in [0.3, 0.4) is 0 Å². The van der Waals surface area contributed by atoms with Crippen LogP contribution in [0.4, 0.5) is 42.2 Å². The lowest BCUT2D eigenvalue weighted by molar-refractivity contribution is -0.137. The molecule has 0 amide bonds. The summed E-state index contributed by atoms with van der Waals surface area (Å²) in [5.41, 5.74) is -1.41. The first-order valence-corrected chi connectivity index (χ1v) is 14.5. The SMILES string of the molecule is Cc1c(F)c(N)cc(-c2nc3c4c(nc(OCC5(C(C)O)CC5(F)F)nc4c2F)N2C[C@H]4CC[C@H](N4)[C@H]2[C@H](C)O3)c1C(F)(F)F. The third kappa shape index (κ3) is 4.38. The predicted molar refractivity (Wildman–Crippen MR) is 147 cm³/mol. The molecule has 4 N–H and O–H groups in total. The van der Waals surface area contributed by atoms with Gasteiger partial charge in [-0.15, -0.1) is 0 Å². The van der Waals surface area contributed by atoms with Gasteiger partial charge in [0.1, 0.15) is 40.9 Å². The van der Waals surface area contributed by atoms with E-state index in [-0.39, 0.29) is 35.2 Å². The number of anilines is 2. The molecule has 2 unspecified atom stereocenters. The number of nitrogens with one attached hydrogen (secondary N) is 1. The summed E-state index contributed by atoms with van der Waals surface area (Å²) >= 11 is 0. The number of hydrogen-bond acceptors (Lipinski definition) is 9. The van der Waals surface area contributed by atoms with Crippen molar-refractivity contribution in [3.63, 3.8) is 0 Å². The zero-order valence-electron chi connectivity index (χ0n) is 24.3. The normalized spacial score (nSPS) is 28.8. The van der Waals surface area contributed by atoms with Crippen molar-refractivity contribution in [2.75, 3.05) is 23.8 Å². The number of pyridine rings is 1. The fourth-order valence-electron chi connectivity index (χ4n) is 7.18. The van der Waals surface area contributed by atoms with Crippen LogP contribution in [-0.4, -0.2) is 69.5 Å². The van der Waals surface area contributed by atoms with Crippen LogP contribution < -0.4 is 25.4 Å². The highest BCUT2D eigenvalue weighted by Crippen LogP contribution is 2.62. The molecule has 1 aliphatic carbocycles. The van der Waals surface area contributed by atoms with Gasteiger partial charge >= 0.3 is 12.2 Å². The van der Waals surface area contributed by atoms with E-state index in [4.69, 9.17) is 15.2 Å². The summed E-state index contributed by atoms with van der Waals surface area (Å²) in [5.74, 6) is -6.00. The highest BCUT2D eigenvalue weighted by Gasteiger charge is 2.74. The van der Waals surface area contributed by atoms with Crippen molar-refractivity contribution in [3.8, 4) is 23.1 Å². The highest BCUT2D eigenvalue weighted by atomic mass is 19.4. The van der Waals surface area contributed by atoms with Gasteiger partial charge in [0, 0.05) is 30.6 Å². The lowest BCUT2D eigenvalue weighted by atomic mass is 9.96. The number of fused-ring (bicyclic) bond motifs is 5. The quantitative estimate of drug-likeness (QED) is 0.268. The van der Waals surface area contributed by atoms with E-state index in [0.29, 0.717) is 12.6 Å². The van der Waals surface area contributed by atoms with E-state index in [2.05, 4.69) is 20.3 Å². The third-order valence-corrected chi connectivity index (χ3v) is 9.69. The number of ether oxygens (including phenoxy) is 2. The smallest absolute Gasteiger partial charge is 0.417 e. The lowest BCUT2D eigenvalue weighted by Gasteiger charge is -2.42. The van der Waals surface area contributed by atoms with Crippen LogP contribution in [0.25, 0.3) is 22.2 Å². The van der Waals surface area contributed by atoms with Gasteiger partial charge in [-0.25, -0.2) is 22.5 Å². The number of hydrogen-bond donors (Lipinski definition) is 3. The molecule has 2 aromatic heterocycles. The fourth-order valence-corrected chi connectivity index (χ4v) is 7.18. The first kappa shape index (κ1) is 30.0. The van der Waals surface area contributed by atoms with Crippen LogP contribution in [0.15, 0.2) is 6.07 Å². The molecule has 2 saturated heterocycles. The van der Waals surface area contributed by atoms with E-state index in [1.54, 1.807) is 6.92 Å². The standard InChI is InChI=1S/C29H29F7N6O3/c1-10-18(29(34,35)36)14(6-15(37)19(10)30)21-20(31)22-17-24(41-26(40-22)44-9-27(12(3)43)8-28(27,32)33)42-7-13-4-5-16(38-13)23(42)11(2)45-25(17)39-21/h6,11-13,16,23,38,43H,4-5,7-9,37H2,1-3H3/t11-,12?,13+,16-,23+,27?/m0/s1. The highest BCUT2D eigenvalue weighted by molar-refractivity contribution is 5.97. The number of benzene rings is 1. The minimum atomic E-state index is -5.12. The van der Waals surface area contributed by atoms with E-state index >= 15 is 4.39 Å². The van der Waals surface area contributed by atoms with Gasteiger partial charge in [-0.3, -0.25) is 0 Å². The van der Waals surface area contributed by atoms with E-state index in [0.717, 1.165) is 19.8 Å². The molecule has 5 heterocycles. The van der Waals surface area contributed by atoms with Gasteiger partial charge in [0.15, 0.2) is 5.82 Å². The Balaban J connectivity index is 1.46. The van der Waals surface area contributed by atoms with E-state index in [1.165, 1.54) is 6.92 Å². The molecule has 1 aromatic carbocycles. The summed E-state index contributed by atoms with van der Waals surface area (Å²) in [4.78, 5) is 14.7. The van der Waals surface area contributed by atoms with Crippen LogP contribution in [0.1, 0.15) is 44.2 Å². The number of aromatic nitrogens is 3. The fraction of sp³-hybridized carbons (Fsp3) is 0.552. The van der Waals surface area contributed by atoms with Crippen LogP contribution >= 0.6 is 0 Å². The number of alkyl halides is 5. The number of aliphatic hydroxyl groups is 1. The second kappa shape index (κ2) is 9.67. The molecule has 9 nitrogen and oxygen atoms in total. The Bertz CT molecular complexity index is 1740. The minimum Gasteiger partial charge on any atom is -0.472 e. The first-order valence-electron chi connectivity index (χ1n) is 14.5. The van der Waals surface area contributed by atoms with Crippen molar-refractivity contribution in [2.45, 2.75) is 82.5 Å². The number of rotatable bonds is 5. The van der Waals surface area contributed by atoms with Gasteiger partial charge in [0.25, 0.3) is 5.92 Å². The average Bonchev–Trinajstić information content (AvgIpc) is 3.39. The summed E-state index contributed by atoms with van der Waals surface area (Å²) in [7, 11) is 0. The van der Waals surface area contributed by atoms with Gasteiger partial charge in [0.05, 0.1) is 28.8 Å². The summed E-state index contributed by atoms with van der Waals surface area (Å²) in [6.07, 6.45) is -6.22. The Morgan fingerprint density at radius 3 is 2.56 bits per heavy atom. The number of nitrogens with two attached hydrogens (primary N) is 1. The van der Waals surface area contributed by atoms with E-state index in [1.807, 2.05) is 4.90 Å². The van der Waals surface area contributed by atoms with Crippen LogP contribution in [0.5, 0.6) is 11.9 Å². The van der Waals surface area contributed by atoms with Crippen molar-refractivity contribution < 1.29 is 45.3 Å². The Morgan fingerprint density at radius 2 is 1.91 bits per heavy atom. The molecule has 6 atom stereocenters. The van der Waals surface area contributed by atoms with Crippen LogP contribution in [0, 0.1) is 24.0 Å². The molecule has 3 aliphatic heterocycles. The number of piperazine rings is 1. The maximum absolute atomic E-state index is 16.6. The first-order chi connectivity index (χ1) is 21.0. The number of nitrogen functional groups attached to an aromatic ring is 1. The molecule has 242 valence electrons. The molecule has 45 heavy (non-hydrogen) atoms. The number of aliphatic hydroxyl groups excluding tert-OH is 1. The molecule has 3 fully saturated rings. The Morgan fingerprint density at radius 1 is 1.20 bits per heavy atom. The van der Waals surface area contributed by atoms with Gasteiger partial charge in [-0.05, 0) is 45.2 Å². The predicted octanol–water partition coefficient (Wildman–Crippen LogP) is 4.75. The molecule has 3 aromatic rings. The molecule has 2 bridgehead atoms. The molecule has 1 saturated carbocycles. The summed E-state index contributed by atoms with van der Waals surface area (Å²) < 4.78 is 115. The molecule has 16 heteroatoms. The second-order valence-electron chi connectivity index (χ2n) is 12.5. The van der Waals surface area contributed by atoms with Gasteiger partial charge in [-0.1, -0.05) is 0 Å². The Kier molecular flexibility index (Phi) is 6.45. The topological polar surface area (TPSA) is 119 Å². The van der Waals surface area contributed by atoms with Gasteiger partial charge in [0.2, 0.25) is 5.88 Å². The lowest BCUT2D eigenvalue weighted by Crippen LogP contribution is -2.62. The molecule has 4 aliphatic rings. The maximum Gasteiger partial charge on any atom is 0.417 e. The number of halogens is 7. The Labute approximate surface area is 251 Å². The van der Waals surface area contributed by atoms with Gasteiger partial charge in [-0.2, -0.15) is 23.1 Å². The van der Waals surface area contributed by atoms with Crippen molar-refractivity contribution in [2.24, 2.45) is 5.41 Å². The monoisotopic (exact) mass is 642 g/mol. The summed E-state index contributed by atoms with van der Waals surface area (Å²) in [5, 5.41) is 13.6. The second-order valence-corrected chi connectivity index (χ2v) is 12.5. The zero-order valence-corrected chi connectivity index (χ0v) is 24.3. The summed E-state index contributed by atoms with van der Waals surface area (Å²) in [6, 6.07) is -0.266. The molecular weight excluding hydrogens is 613 g/mol. The minimum absolute atomic E-state index is 0.0402. The summed E-state index contributed by atoms with van der Waals surface area (Å²) in [6.45, 7) is 3.53. The molecule has 0 radical (unpaired) electrons. The van der Waals surface area contributed by atoms with Gasteiger partial charge < -0.3 is 30.5 Å². The van der Waals surface area contributed by atoms with E-state index < -0.39 is 94.0 Å². The molecule has 0 spiro atoms. The third-order valence-electron chi connectivity index (χ3n) is 9.69.